The average Bonchev–Trinajstić information content (AvgIpc) is 2.93. The molecule has 26 heavy (non-hydrogen) atoms. The van der Waals surface area contributed by atoms with Gasteiger partial charge in [-0.2, -0.15) is 9.50 Å². The second kappa shape index (κ2) is 6.89. The quantitative estimate of drug-likeness (QED) is 0.618. The van der Waals surface area contributed by atoms with Crippen molar-refractivity contribution >= 4 is 33.9 Å². The maximum Gasteiger partial charge on any atom is 0.174 e. The number of rotatable bonds is 3. The van der Waals surface area contributed by atoms with Gasteiger partial charge in [0.25, 0.3) is 0 Å². The topological polar surface area (TPSA) is 59.6 Å². The summed E-state index contributed by atoms with van der Waals surface area (Å²) in [6.07, 6.45) is 3.20. The molecule has 1 unspecified atom stereocenters. The molecule has 0 aliphatic carbocycles. The molecular formula is C18H18ClFN4OS. The molecule has 8 heteroatoms. The number of nitrogens with zero attached hydrogens (tertiary/aromatic N) is 4. The molecule has 0 aliphatic heterocycles. The molecule has 0 bridgehead atoms. The first-order valence-corrected chi connectivity index (χ1v) is 9.43. The van der Waals surface area contributed by atoms with Crippen LogP contribution in [0.4, 0.5) is 4.39 Å². The zero-order valence-electron chi connectivity index (χ0n) is 14.8. The van der Waals surface area contributed by atoms with Crippen molar-refractivity contribution in [3.8, 4) is 11.3 Å². The number of halogens is 2. The maximum absolute atomic E-state index is 13.7. The predicted octanol–water partition coefficient (Wildman–Crippen LogP) is 4.46. The van der Waals surface area contributed by atoms with Crippen molar-refractivity contribution in [2.24, 2.45) is 4.40 Å². The summed E-state index contributed by atoms with van der Waals surface area (Å²) in [6, 6.07) is 6.12. The van der Waals surface area contributed by atoms with Crippen LogP contribution in [0.25, 0.3) is 16.9 Å². The molecule has 0 spiro atoms. The van der Waals surface area contributed by atoms with Gasteiger partial charge >= 0.3 is 0 Å². The lowest BCUT2D eigenvalue weighted by Gasteiger charge is -2.15. The third kappa shape index (κ3) is 3.68. The van der Waals surface area contributed by atoms with Crippen LogP contribution in [0, 0.1) is 5.82 Å². The van der Waals surface area contributed by atoms with E-state index in [1.807, 2.05) is 20.8 Å². The first-order valence-electron chi connectivity index (χ1n) is 7.94. The van der Waals surface area contributed by atoms with Crippen molar-refractivity contribution in [2.45, 2.75) is 32.4 Å². The lowest BCUT2D eigenvalue weighted by Crippen LogP contribution is -2.21. The summed E-state index contributed by atoms with van der Waals surface area (Å²) in [5.74, 6) is -0.373. The highest BCUT2D eigenvalue weighted by Crippen LogP contribution is 2.27. The van der Waals surface area contributed by atoms with E-state index >= 15 is 0 Å². The minimum Gasteiger partial charge on any atom is -0.234 e. The van der Waals surface area contributed by atoms with E-state index in [2.05, 4.69) is 14.5 Å². The first-order chi connectivity index (χ1) is 12.2. The normalized spacial score (nSPS) is 14.0. The number of hydrogen-bond acceptors (Lipinski definition) is 3. The van der Waals surface area contributed by atoms with E-state index in [-0.39, 0.29) is 5.82 Å². The molecule has 0 radical (unpaired) electrons. The van der Waals surface area contributed by atoms with Crippen molar-refractivity contribution in [1.82, 2.24) is 14.6 Å². The van der Waals surface area contributed by atoms with E-state index in [0.29, 0.717) is 33.2 Å². The summed E-state index contributed by atoms with van der Waals surface area (Å²) < 4.78 is 31.5. The van der Waals surface area contributed by atoms with Crippen LogP contribution in [0.2, 0.25) is 5.02 Å². The lowest BCUT2D eigenvalue weighted by atomic mass is 10.0. The van der Waals surface area contributed by atoms with Crippen LogP contribution >= 0.6 is 11.6 Å². The number of hydrogen-bond donors (Lipinski definition) is 0. The molecule has 136 valence electrons. The van der Waals surface area contributed by atoms with E-state index in [1.165, 1.54) is 22.8 Å². The summed E-state index contributed by atoms with van der Waals surface area (Å²) in [5.41, 5.74) is 2.68. The van der Waals surface area contributed by atoms with Gasteiger partial charge in [-0.15, -0.1) is 0 Å². The Morgan fingerprint density at radius 1 is 1.35 bits per heavy atom. The zero-order chi connectivity index (χ0) is 19.1. The van der Waals surface area contributed by atoms with Crippen LogP contribution < -0.4 is 0 Å². The molecular weight excluding hydrogens is 375 g/mol. The minimum atomic E-state index is -1.44. The van der Waals surface area contributed by atoms with Gasteiger partial charge in [-0.3, -0.25) is 0 Å². The summed E-state index contributed by atoms with van der Waals surface area (Å²) in [5, 5.41) is 4.55. The highest BCUT2D eigenvalue weighted by molar-refractivity contribution is 7.85. The molecule has 3 rings (SSSR count). The van der Waals surface area contributed by atoms with Gasteiger partial charge < -0.3 is 0 Å². The molecule has 3 aromatic rings. The molecule has 1 aromatic carbocycles. The standard InChI is InChI=1S/C18H18ClFN4OS/c1-11(23-26(25)18(2,3)4)14-10-24-17(15(19)9-21-24)22-16(14)12-6-5-7-13(20)8-12/h5-10H,1-4H3/b23-11+. The van der Waals surface area contributed by atoms with Crippen molar-refractivity contribution in [3.05, 3.63) is 53.1 Å². The number of aromatic nitrogens is 3. The fourth-order valence-corrected chi connectivity index (χ4v) is 3.11. The second-order valence-corrected chi connectivity index (χ2v) is 9.13. The van der Waals surface area contributed by atoms with E-state index in [1.54, 1.807) is 25.3 Å². The van der Waals surface area contributed by atoms with E-state index < -0.39 is 15.7 Å². The molecule has 1 atom stereocenters. The van der Waals surface area contributed by atoms with Crippen LogP contribution in [-0.4, -0.2) is 29.3 Å². The SMILES string of the molecule is C/C(=N\S(=O)C(C)(C)C)c1cn2ncc(Cl)c2nc1-c1cccc(F)c1. The highest BCUT2D eigenvalue weighted by Gasteiger charge is 2.21. The Morgan fingerprint density at radius 2 is 2.08 bits per heavy atom. The first kappa shape index (κ1) is 18.7. The molecule has 0 fully saturated rings. The van der Waals surface area contributed by atoms with Crippen molar-refractivity contribution < 1.29 is 8.60 Å². The van der Waals surface area contributed by atoms with Crippen LogP contribution in [0.3, 0.4) is 0 Å². The predicted molar refractivity (Wildman–Crippen MR) is 103 cm³/mol. The van der Waals surface area contributed by atoms with E-state index in [9.17, 15) is 8.60 Å². The Hall–Kier alpha value is -2.12. The van der Waals surface area contributed by atoms with E-state index in [4.69, 9.17) is 11.6 Å². The van der Waals surface area contributed by atoms with Gasteiger partial charge in [-0.05, 0) is 39.8 Å². The van der Waals surface area contributed by atoms with Gasteiger partial charge in [0.1, 0.15) is 21.8 Å². The Morgan fingerprint density at radius 3 is 2.73 bits per heavy atom. The van der Waals surface area contributed by atoms with Gasteiger partial charge in [0.05, 0.1) is 22.3 Å². The molecule has 2 heterocycles. The van der Waals surface area contributed by atoms with Crippen molar-refractivity contribution in [2.75, 3.05) is 0 Å². The fraction of sp³-hybridized carbons (Fsp3) is 0.278. The Balaban J connectivity index is 2.24. The molecule has 0 aliphatic rings. The van der Waals surface area contributed by atoms with Gasteiger partial charge in [0.15, 0.2) is 5.65 Å². The maximum atomic E-state index is 13.7. The minimum absolute atomic E-state index is 0.373. The van der Waals surface area contributed by atoms with E-state index in [0.717, 1.165) is 0 Å². The average molecular weight is 393 g/mol. The molecule has 0 amide bonds. The Labute approximate surface area is 158 Å². The fourth-order valence-electron chi connectivity index (χ4n) is 2.31. The van der Waals surface area contributed by atoms with Gasteiger partial charge in [0.2, 0.25) is 0 Å². The third-order valence-corrected chi connectivity index (χ3v) is 5.44. The zero-order valence-corrected chi connectivity index (χ0v) is 16.4. The van der Waals surface area contributed by atoms with Crippen LogP contribution in [0.15, 0.2) is 41.1 Å². The smallest absolute Gasteiger partial charge is 0.174 e. The van der Waals surface area contributed by atoms with Gasteiger partial charge in [-0.1, -0.05) is 23.7 Å². The summed E-state index contributed by atoms with van der Waals surface area (Å²) >= 11 is 6.14. The van der Waals surface area contributed by atoms with Crippen LogP contribution in [0.1, 0.15) is 33.3 Å². The van der Waals surface area contributed by atoms with Crippen LogP contribution in [-0.2, 0) is 11.0 Å². The van der Waals surface area contributed by atoms with Gasteiger partial charge in [-0.25, -0.2) is 18.1 Å². The summed E-state index contributed by atoms with van der Waals surface area (Å²) in [4.78, 5) is 4.56. The van der Waals surface area contributed by atoms with Crippen molar-refractivity contribution in [1.29, 1.82) is 0 Å². The molecule has 0 saturated carbocycles. The number of fused-ring (bicyclic) bond motifs is 1. The second-order valence-electron chi connectivity index (χ2n) is 6.81. The monoisotopic (exact) mass is 392 g/mol. The third-order valence-electron chi connectivity index (χ3n) is 3.68. The largest absolute Gasteiger partial charge is 0.234 e. The van der Waals surface area contributed by atoms with Gasteiger partial charge in [0, 0.05) is 17.3 Å². The lowest BCUT2D eigenvalue weighted by molar-refractivity contribution is 0.628. The van der Waals surface area contributed by atoms with Crippen molar-refractivity contribution in [3.63, 3.8) is 0 Å². The molecule has 0 saturated heterocycles. The molecule has 5 nitrogen and oxygen atoms in total. The van der Waals surface area contributed by atoms with Crippen LogP contribution in [0.5, 0.6) is 0 Å². The molecule has 2 aromatic heterocycles. The summed E-state index contributed by atoms with van der Waals surface area (Å²) in [6.45, 7) is 7.30. The molecule has 0 N–H and O–H groups in total. The number of benzene rings is 1. The summed E-state index contributed by atoms with van der Waals surface area (Å²) in [7, 11) is -1.44. The highest BCUT2D eigenvalue weighted by atomic mass is 35.5. The Bertz CT molecular complexity index is 1040. The Kier molecular flexibility index (Phi) is 4.94.